The maximum absolute atomic E-state index is 11.1. The molecule has 1 aliphatic heterocycles. The molecule has 1 aliphatic rings. The fraction of sp³-hybridized carbons (Fsp3) is 0.800. The molecule has 0 saturated carbocycles. The fourth-order valence-corrected chi connectivity index (χ4v) is 3.73. The molecule has 0 aromatic carbocycles. The van der Waals surface area contributed by atoms with E-state index in [-0.39, 0.29) is 0 Å². The number of aromatic nitrogens is 2. The van der Waals surface area contributed by atoms with Crippen molar-refractivity contribution in [3.63, 3.8) is 0 Å². The third kappa shape index (κ3) is 3.43. The fourth-order valence-electron chi connectivity index (χ4n) is 3.07. The highest BCUT2D eigenvalue weighted by molar-refractivity contribution is 9.10. The number of likely N-dealkylation sites (tertiary alicyclic amines) is 1. The molecule has 5 heteroatoms. The first-order valence-electron chi connectivity index (χ1n) is 7.63. The molecule has 20 heavy (non-hydrogen) atoms. The van der Waals surface area contributed by atoms with Crippen molar-refractivity contribution < 1.29 is 5.11 Å². The van der Waals surface area contributed by atoms with Gasteiger partial charge in [0.05, 0.1) is 16.4 Å². The summed E-state index contributed by atoms with van der Waals surface area (Å²) in [6.45, 7) is 10.5. The van der Waals surface area contributed by atoms with Crippen LogP contribution >= 0.6 is 15.9 Å². The lowest BCUT2D eigenvalue weighted by molar-refractivity contribution is -0.0352. The van der Waals surface area contributed by atoms with Crippen molar-refractivity contribution in [2.75, 3.05) is 19.6 Å². The molecule has 114 valence electrons. The highest BCUT2D eigenvalue weighted by Crippen LogP contribution is 2.37. The van der Waals surface area contributed by atoms with E-state index in [9.17, 15) is 5.11 Å². The Hall–Kier alpha value is -0.390. The number of halogens is 1. The monoisotopic (exact) mass is 343 g/mol. The molecule has 0 atom stereocenters. The molecular weight excluding hydrogens is 318 g/mol. The molecule has 0 amide bonds. The molecule has 1 aromatic heterocycles. The van der Waals surface area contributed by atoms with Crippen LogP contribution in [-0.4, -0.2) is 39.4 Å². The van der Waals surface area contributed by atoms with Gasteiger partial charge in [-0.15, -0.1) is 0 Å². The first-order chi connectivity index (χ1) is 9.46. The van der Waals surface area contributed by atoms with Gasteiger partial charge in [0.2, 0.25) is 0 Å². The summed E-state index contributed by atoms with van der Waals surface area (Å²) in [5, 5.41) is 15.4. The quantitative estimate of drug-likeness (QED) is 0.893. The van der Waals surface area contributed by atoms with Crippen LogP contribution in [0.25, 0.3) is 0 Å². The second-order valence-electron chi connectivity index (χ2n) is 6.29. The Morgan fingerprint density at radius 3 is 2.60 bits per heavy atom. The van der Waals surface area contributed by atoms with Crippen LogP contribution in [0.3, 0.4) is 0 Å². The van der Waals surface area contributed by atoms with Crippen molar-refractivity contribution in [2.45, 2.75) is 52.2 Å². The number of hydrogen-bond donors (Lipinski definition) is 1. The second kappa shape index (κ2) is 6.58. The summed E-state index contributed by atoms with van der Waals surface area (Å²) < 4.78 is 2.90. The van der Waals surface area contributed by atoms with E-state index in [4.69, 9.17) is 0 Å². The molecule has 0 radical (unpaired) electrons. The predicted octanol–water partition coefficient (Wildman–Crippen LogP) is 3.00. The third-order valence-corrected chi connectivity index (χ3v) is 4.56. The Labute approximate surface area is 130 Å². The minimum Gasteiger partial charge on any atom is -0.383 e. The van der Waals surface area contributed by atoms with Gasteiger partial charge in [-0.2, -0.15) is 5.10 Å². The van der Waals surface area contributed by atoms with E-state index in [0.29, 0.717) is 5.92 Å². The molecule has 1 N–H and O–H groups in total. The zero-order valence-electron chi connectivity index (χ0n) is 12.8. The zero-order valence-corrected chi connectivity index (χ0v) is 14.4. The van der Waals surface area contributed by atoms with Crippen LogP contribution in [0, 0.1) is 5.92 Å². The van der Waals surface area contributed by atoms with Gasteiger partial charge >= 0.3 is 0 Å². The summed E-state index contributed by atoms with van der Waals surface area (Å²) in [5.74, 6) is 0.679. The second-order valence-corrected chi connectivity index (χ2v) is 7.14. The van der Waals surface area contributed by atoms with Crippen molar-refractivity contribution in [1.82, 2.24) is 14.7 Å². The first kappa shape index (κ1) is 16.0. The summed E-state index contributed by atoms with van der Waals surface area (Å²) in [5.41, 5.74) is 0.224. The molecule has 0 bridgehead atoms. The zero-order chi connectivity index (χ0) is 14.8. The Kier molecular flexibility index (Phi) is 5.26. The van der Waals surface area contributed by atoms with Gasteiger partial charge in [0, 0.05) is 26.2 Å². The van der Waals surface area contributed by atoms with Crippen molar-refractivity contribution in [3.8, 4) is 0 Å². The molecular formula is C15H26BrN3O. The largest absolute Gasteiger partial charge is 0.383 e. The van der Waals surface area contributed by atoms with Crippen LogP contribution in [0.4, 0.5) is 0 Å². The van der Waals surface area contributed by atoms with Gasteiger partial charge in [-0.25, -0.2) is 0 Å². The van der Waals surface area contributed by atoms with Crippen LogP contribution in [0.15, 0.2) is 10.7 Å². The van der Waals surface area contributed by atoms with Gasteiger partial charge < -0.3 is 10.0 Å². The van der Waals surface area contributed by atoms with E-state index in [1.54, 1.807) is 0 Å². The third-order valence-electron chi connectivity index (χ3n) is 3.98. The number of aliphatic hydroxyl groups is 1. The van der Waals surface area contributed by atoms with Gasteiger partial charge in [-0.1, -0.05) is 20.8 Å². The van der Waals surface area contributed by atoms with Crippen LogP contribution in [0.5, 0.6) is 0 Å². The van der Waals surface area contributed by atoms with Crippen LogP contribution in [-0.2, 0) is 12.1 Å². The lowest BCUT2D eigenvalue weighted by atomic mass is 9.87. The van der Waals surface area contributed by atoms with E-state index in [1.165, 1.54) is 0 Å². The Morgan fingerprint density at radius 1 is 1.40 bits per heavy atom. The van der Waals surface area contributed by atoms with Crippen LogP contribution < -0.4 is 0 Å². The Bertz CT molecular complexity index is 436. The van der Waals surface area contributed by atoms with Crippen LogP contribution in [0.1, 0.15) is 45.7 Å². The van der Waals surface area contributed by atoms with E-state index in [1.807, 2.05) is 10.9 Å². The number of hydrogen-bond acceptors (Lipinski definition) is 3. The summed E-state index contributed by atoms with van der Waals surface area (Å²) in [4.78, 5) is 2.45. The molecule has 2 rings (SSSR count). The molecule has 0 aliphatic carbocycles. The van der Waals surface area contributed by atoms with E-state index < -0.39 is 5.60 Å². The molecule has 4 nitrogen and oxygen atoms in total. The van der Waals surface area contributed by atoms with Crippen molar-refractivity contribution in [2.24, 2.45) is 5.92 Å². The topological polar surface area (TPSA) is 41.3 Å². The van der Waals surface area contributed by atoms with E-state index in [2.05, 4.69) is 46.7 Å². The van der Waals surface area contributed by atoms with E-state index in [0.717, 1.165) is 55.6 Å². The summed E-state index contributed by atoms with van der Waals surface area (Å²) in [7, 11) is 0. The number of rotatable bonds is 5. The molecule has 1 fully saturated rings. The molecule has 0 spiro atoms. The standard InChI is InChI=1S/C15H26BrN3O/c1-4-7-19-14(13(16)10-17-19)15(20)5-8-18(9-6-15)11-12(2)3/h10,12,20H,4-9,11H2,1-3H3. The predicted molar refractivity (Wildman–Crippen MR) is 84.6 cm³/mol. The number of nitrogens with zero attached hydrogens (tertiary/aromatic N) is 3. The lowest BCUT2D eigenvalue weighted by Gasteiger charge is -2.39. The average molecular weight is 344 g/mol. The molecule has 1 saturated heterocycles. The van der Waals surface area contributed by atoms with Gasteiger partial charge in [0.15, 0.2) is 0 Å². The van der Waals surface area contributed by atoms with Crippen molar-refractivity contribution in [1.29, 1.82) is 0 Å². The summed E-state index contributed by atoms with van der Waals surface area (Å²) in [6.07, 6.45) is 4.40. The van der Waals surface area contributed by atoms with Gasteiger partial charge in [0.25, 0.3) is 0 Å². The minimum atomic E-state index is -0.738. The molecule has 1 aromatic rings. The molecule has 2 heterocycles. The lowest BCUT2D eigenvalue weighted by Crippen LogP contribution is -2.44. The SMILES string of the molecule is CCCn1ncc(Br)c1C1(O)CCN(CC(C)C)CC1. The van der Waals surface area contributed by atoms with E-state index >= 15 is 0 Å². The average Bonchev–Trinajstić information content (AvgIpc) is 2.74. The number of piperidine rings is 1. The Morgan fingerprint density at radius 2 is 2.05 bits per heavy atom. The number of aryl methyl sites for hydroxylation is 1. The maximum Gasteiger partial charge on any atom is 0.110 e. The normalized spacial score (nSPS) is 19.7. The minimum absolute atomic E-state index is 0.679. The Balaban J connectivity index is 2.11. The maximum atomic E-state index is 11.1. The molecule has 0 unspecified atom stereocenters. The highest BCUT2D eigenvalue weighted by Gasteiger charge is 2.38. The van der Waals surface area contributed by atoms with Crippen LogP contribution in [0.2, 0.25) is 0 Å². The van der Waals surface area contributed by atoms with Gasteiger partial charge in [0.1, 0.15) is 5.60 Å². The summed E-state index contributed by atoms with van der Waals surface area (Å²) in [6, 6.07) is 0. The van der Waals surface area contributed by atoms with Gasteiger partial charge in [-0.3, -0.25) is 4.68 Å². The highest BCUT2D eigenvalue weighted by atomic mass is 79.9. The van der Waals surface area contributed by atoms with Gasteiger partial charge in [-0.05, 0) is 41.1 Å². The summed E-state index contributed by atoms with van der Waals surface area (Å²) >= 11 is 3.56. The van der Waals surface area contributed by atoms with Crippen molar-refractivity contribution in [3.05, 3.63) is 16.4 Å². The van der Waals surface area contributed by atoms with Crippen molar-refractivity contribution >= 4 is 15.9 Å². The smallest absolute Gasteiger partial charge is 0.110 e. The first-order valence-corrected chi connectivity index (χ1v) is 8.42.